The van der Waals surface area contributed by atoms with Crippen LogP contribution in [0.3, 0.4) is 0 Å². The minimum atomic E-state index is 0.500. The average molecular weight is 152 g/mol. The second kappa shape index (κ2) is 15.7. The summed E-state index contributed by atoms with van der Waals surface area (Å²) in [6.07, 6.45) is 4.25. The Bertz CT molecular complexity index is 177. The van der Waals surface area contributed by atoms with Gasteiger partial charge in [0.2, 0.25) is 0 Å². The molecule has 0 radical (unpaired) electrons. The van der Waals surface area contributed by atoms with Crippen LogP contribution < -0.4 is 0 Å². The lowest BCUT2D eigenvalue weighted by Crippen LogP contribution is -1.16. The van der Waals surface area contributed by atoms with Crippen molar-refractivity contribution in [2.45, 2.75) is 0 Å². The van der Waals surface area contributed by atoms with Gasteiger partial charge in [-0.2, -0.15) is 0 Å². The van der Waals surface area contributed by atoms with Crippen molar-refractivity contribution in [1.29, 1.82) is 0 Å². The van der Waals surface area contributed by atoms with Crippen molar-refractivity contribution in [3.05, 3.63) is 35.5 Å². The van der Waals surface area contributed by atoms with Crippen LogP contribution in [0.1, 0.15) is 0 Å². The van der Waals surface area contributed by atoms with E-state index in [1.807, 2.05) is 12.1 Å². The molecule has 1 aromatic heterocycles. The normalized spacial score (nSPS) is 5.09. The zero-order chi connectivity index (χ0) is 8.95. The standard InChI is InChI=1S/C4H4O.2CNO/c1-2-4-5-3-1;2*2-1-3/h1-4H;;/q;2*-1. The Morgan fingerprint density at radius 2 is 1.27 bits per heavy atom. The molecule has 11 heavy (non-hydrogen) atoms. The van der Waals surface area contributed by atoms with Crippen molar-refractivity contribution in [2.75, 3.05) is 0 Å². The highest BCUT2D eigenvalue weighted by molar-refractivity contribution is 5.37. The van der Waals surface area contributed by atoms with Crippen LogP contribution in [0.25, 0.3) is 10.8 Å². The van der Waals surface area contributed by atoms with Crippen LogP contribution in [-0.4, -0.2) is 12.2 Å². The molecule has 1 aromatic rings. The fraction of sp³-hybridized carbons (Fsp3) is 0. The molecule has 0 saturated heterocycles. The van der Waals surface area contributed by atoms with Gasteiger partial charge in [0, 0.05) is 0 Å². The Balaban J connectivity index is 0. The van der Waals surface area contributed by atoms with Gasteiger partial charge >= 0.3 is 0 Å². The van der Waals surface area contributed by atoms with Crippen molar-refractivity contribution in [2.24, 2.45) is 0 Å². The van der Waals surface area contributed by atoms with Crippen LogP contribution in [0.5, 0.6) is 0 Å². The summed E-state index contributed by atoms with van der Waals surface area (Å²) in [5.41, 5.74) is 0. The number of hydrogen-bond acceptors (Lipinski definition) is 3. The van der Waals surface area contributed by atoms with Gasteiger partial charge in [0.25, 0.3) is 0 Å². The van der Waals surface area contributed by atoms with E-state index in [0.717, 1.165) is 0 Å². The number of nitrogens with zero attached hydrogens (tertiary/aromatic N) is 2. The minimum Gasteiger partial charge on any atom is -0.724 e. The maximum atomic E-state index is 8.24. The third kappa shape index (κ3) is 31.7. The highest BCUT2D eigenvalue weighted by Crippen LogP contribution is 1.79. The number of carbonyl (C=O) groups excluding carboxylic acids is 2. The first-order valence-corrected chi connectivity index (χ1v) is 2.33. The molecule has 0 spiro atoms. The first kappa shape index (κ1) is 11.8. The summed E-state index contributed by atoms with van der Waals surface area (Å²) in [7, 11) is 0. The number of isocyanates is 2. The summed E-state index contributed by atoms with van der Waals surface area (Å²) in [5.74, 6) is 0. The molecule has 0 unspecified atom stereocenters. The molecule has 0 aromatic carbocycles. The molecule has 1 heterocycles. The van der Waals surface area contributed by atoms with E-state index in [2.05, 4.69) is 4.42 Å². The van der Waals surface area contributed by atoms with Gasteiger partial charge in [-0.25, -0.2) is 0 Å². The van der Waals surface area contributed by atoms with E-state index in [1.165, 1.54) is 0 Å². The highest BCUT2D eigenvalue weighted by Gasteiger charge is 1.58. The zero-order valence-electron chi connectivity index (χ0n) is 5.43. The summed E-state index contributed by atoms with van der Waals surface area (Å²) in [6.45, 7) is 0. The molecule has 5 heteroatoms. The molecule has 0 N–H and O–H groups in total. The van der Waals surface area contributed by atoms with E-state index >= 15 is 0 Å². The Morgan fingerprint density at radius 3 is 1.36 bits per heavy atom. The molecule has 5 nitrogen and oxygen atoms in total. The van der Waals surface area contributed by atoms with E-state index in [4.69, 9.17) is 20.4 Å². The largest absolute Gasteiger partial charge is 0.724 e. The fourth-order valence-electron chi connectivity index (χ4n) is 0.227. The van der Waals surface area contributed by atoms with E-state index in [0.29, 0.717) is 12.2 Å². The van der Waals surface area contributed by atoms with Crippen LogP contribution in [0.2, 0.25) is 0 Å². The lowest BCUT2D eigenvalue weighted by Gasteiger charge is -1.50. The van der Waals surface area contributed by atoms with Gasteiger partial charge in [0.05, 0.1) is 12.5 Å². The molecule has 0 saturated carbocycles. The van der Waals surface area contributed by atoms with E-state index in [9.17, 15) is 0 Å². The van der Waals surface area contributed by atoms with E-state index in [1.54, 1.807) is 12.5 Å². The molecule has 0 bridgehead atoms. The summed E-state index contributed by atoms with van der Waals surface area (Å²) in [5, 5.41) is 13.5. The van der Waals surface area contributed by atoms with Gasteiger partial charge in [0.1, 0.15) is 0 Å². The van der Waals surface area contributed by atoms with Crippen molar-refractivity contribution in [3.63, 3.8) is 0 Å². The smallest absolute Gasteiger partial charge is 0.0902 e. The van der Waals surface area contributed by atoms with Crippen molar-refractivity contribution in [1.82, 2.24) is 0 Å². The van der Waals surface area contributed by atoms with Crippen LogP contribution >= 0.6 is 0 Å². The first-order chi connectivity index (χ1) is 5.33. The summed E-state index contributed by atoms with van der Waals surface area (Å²) in [4.78, 5) is 16.5. The predicted octanol–water partition coefficient (Wildman–Crippen LogP) is 1.06. The highest BCUT2D eigenvalue weighted by atomic mass is 16.3. The van der Waals surface area contributed by atoms with Crippen LogP contribution in [0.4, 0.5) is 0 Å². The van der Waals surface area contributed by atoms with Gasteiger partial charge < -0.3 is 15.2 Å². The Labute approximate surface area is 62.7 Å². The van der Waals surface area contributed by atoms with Crippen molar-refractivity contribution in [3.8, 4) is 0 Å². The molecule has 0 aliphatic heterocycles. The van der Waals surface area contributed by atoms with Gasteiger partial charge in [0.15, 0.2) is 0 Å². The second-order valence-electron chi connectivity index (χ2n) is 0.976. The number of furan rings is 1. The van der Waals surface area contributed by atoms with E-state index in [-0.39, 0.29) is 0 Å². The Morgan fingerprint density at radius 1 is 1.00 bits per heavy atom. The van der Waals surface area contributed by atoms with Gasteiger partial charge in [-0.3, -0.25) is 9.59 Å². The number of rotatable bonds is 0. The molecule has 0 fully saturated rings. The van der Waals surface area contributed by atoms with Crippen molar-refractivity contribution >= 4 is 12.2 Å². The maximum absolute atomic E-state index is 8.24. The molecule has 0 aliphatic rings. The molecule has 0 atom stereocenters. The maximum Gasteiger partial charge on any atom is 0.0902 e. The fourth-order valence-corrected chi connectivity index (χ4v) is 0.227. The first-order valence-electron chi connectivity index (χ1n) is 2.33. The zero-order valence-corrected chi connectivity index (χ0v) is 5.43. The SMILES string of the molecule is [N-]=C=O.[N-]=C=O.c1ccoc1. The molecule has 0 aliphatic carbocycles. The predicted molar refractivity (Wildman–Crippen MR) is 36.8 cm³/mol. The minimum absolute atomic E-state index is 0.500. The number of hydrogen-bond donors (Lipinski definition) is 0. The lowest BCUT2D eigenvalue weighted by atomic mass is 10.7. The summed E-state index contributed by atoms with van der Waals surface area (Å²) >= 11 is 0. The van der Waals surface area contributed by atoms with E-state index < -0.39 is 0 Å². The molecular formula is C6H4N2O3-2. The van der Waals surface area contributed by atoms with Gasteiger partial charge in [-0.15, -0.1) is 0 Å². The molecular weight excluding hydrogens is 148 g/mol. The topological polar surface area (TPSA) is 91.9 Å². The molecule has 58 valence electrons. The van der Waals surface area contributed by atoms with Crippen LogP contribution in [0, 0.1) is 0 Å². The van der Waals surface area contributed by atoms with Gasteiger partial charge in [-0.05, 0) is 24.3 Å². The quantitative estimate of drug-likeness (QED) is 0.411. The molecule has 1 rings (SSSR count). The summed E-state index contributed by atoms with van der Waals surface area (Å²) in [6, 6.07) is 3.67. The van der Waals surface area contributed by atoms with Crippen molar-refractivity contribution < 1.29 is 14.0 Å². The lowest BCUT2D eigenvalue weighted by molar-refractivity contribution is 0.567. The third-order valence-electron chi connectivity index (χ3n) is 0.425. The van der Waals surface area contributed by atoms with Crippen LogP contribution in [0.15, 0.2) is 29.1 Å². The molecule has 0 amide bonds. The Kier molecular flexibility index (Phi) is 16.8. The second-order valence-corrected chi connectivity index (χ2v) is 0.976. The third-order valence-corrected chi connectivity index (χ3v) is 0.425. The summed E-state index contributed by atoms with van der Waals surface area (Å²) < 4.78 is 4.58. The van der Waals surface area contributed by atoms with Crippen LogP contribution in [-0.2, 0) is 9.59 Å². The average Bonchev–Trinajstić information content (AvgIpc) is 2.44. The van der Waals surface area contributed by atoms with Gasteiger partial charge in [-0.1, -0.05) is 0 Å². The Hall–Kier alpha value is -1.96. The monoisotopic (exact) mass is 152 g/mol.